The Labute approximate surface area is 293 Å². The predicted octanol–water partition coefficient (Wildman–Crippen LogP) is 6.87. The summed E-state index contributed by atoms with van der Waals surface area (Å²) in [7, 11) is 0. The standard InChI is InChI=1S/C43H54N2O4/c1-40(2,3)38(42(48,28-32-19-11-7-12-20-32)29-33-21-13-8-14-22-33)44-36(46)27-37(47)45-39(41(4,5)6)43(49,30-34-23-15-9-16-24-34)31-35-25-17-10-18-26-35/h7-26,38-39,48-49H,27-31H2,1-6H3,(H,44,46)(H,45,47)/t38-,39-/m1/s1. The van der Waals surface area contributed by atoms with Crippen LogP contribution >= 0.6 is 0 Å². The average molecular weight is 663 g/mol. The lowest BCUT2D eigenvalue weighted by molar-refractivity contribution is -0.135. The molecule has 49 heavy (non-hydrogen) atoms. The molecular weight excluding hydrogens is 608 g/mol. The van der Waals surface area contributed by atoms with E-state index in [4.69, 9.17) is 0 Å². The number of aliphatic hydroxyl groups is 2. The van der Waals surface area contributed by atoms with E-state index < -0.39 is 52.4 Å². The Bertz CT molecular complexity index is 1400. The van der Waals surface area contributed by atoms with Crippen LogP contribution in [-0.4, -0.2) is 45.3 Å². The highest BCUT2D eigenvalue weighted by Crippen LogP contribution is 2.35. The van der Waals surface area contributed by atoms with Crippen LogP contribution in [0.5, 0.6) is 0 Å². The van der Waals surface area contributed by atoms with Gasteiger partial charge in [0.15, 0.2) is 0 Å². The SMILES string of the molecule is CC(C)(C)[C@@H](NC(=O)CC(=O)N[C@H](C(C)(C)C)C(O)(Cc1ccccc1)Cc1ccccc1)C(O)(Cc1ccccc1)Cc1ccccc1. The lowest BCUT2D eigenvalue weighted by atomic mass is 9.70. The van der Waals surface area contributed by atoms with Crippen LogP contribution in [0.2, 0.25) is 0 Å². The summed E-state index contributed by atoms with van der Waals surface area (Å²) in [5.74, 6) is -0.974. The molecule has 0 fully saturated rings. The summed E-state index contributed by atoms with van der Waals surface area (Å²) >= 11 is 0. The van der Waals surface area contributed by atoms with Gasteiger partial charge in [0, 0.05) is 25.7 Å². The summed E-state index contributed by atoms with van der Waals surface area (Å²) in [6.45, 7) is 11.9. The van der Waals surface area contributed by atoms with Crippen molar-refractivity contribution in [3.8, 4) is 0 Å². The number of carbonyl (C=O) groups is 2. The smallest absolute Gasteiger partial charge is 0.229 e. The zero-order valence-electron chi connectivity index (χ0n) is 29.9. The predicted molar refractivity (Wildman–Crippen MR) is 198 cm³/mol. The number of hydrogen-bond donors (Lipinski definition) is 4. The first-order valence-corrected chi connectivity index (χ1v) is 17.3. The third-order valence-electron chi connectivity index (χ3n) is 9.15. The zero-order chi connectivity index (χ0) is 35.7. The van der Waals surface area contributed by atoms with Crippen molar-refractivity contribution in [3.05, 3.63) is 144 Å². The van der Waals surface area contributed by atoms with Crippen LogP contribution in [0.3, 0.4) is 0 Å². The van der Waals surface area contributed by atoms with E-state index >= 15 is 0 Å². The van der Waals surface area contributed by atoms with Crippen LogP contribution in [0, 0.1) is 10.8 Å². The molecule has 4 aromatic carbocycles. The molecule has 2 atom stereocenters. The van der Waals surface area contributed by atoms with Gasteiger partial charge in [-0.15, -0.1) is 0 Å². The van der Waals surface area contributed by atoms with Crippen LogP contribution in [0.1, 0.15) is 70.2 Å². The van der Waals surface area contributed by atoms with Crippen LogP contribution in [0.4, 0.5) is 0 Å². The molecule has 0 aliphatic rings. The van der Waals surface area contributed by atoms with Gasteiger partial charge in [-0.25, -0.2) is 0 Å². The molecule has 0 unspecified atom stereocenters. The first kappa shape index (κ1) is 37.6. The van der Waals surface area contributed by atoms with Gasteiger partial charge < -0.3 is 20.8 Å². The summed E-state index contributed by atoms with van der Waals surface area (Å²) < 4.78 is 0. The van der Waals surface area contributed by atoms with Crippen molar-refractivity contribution in [2.45, 2.75) is 96.9 Å². The van der Waals surface area contributed by atoms with Crippen LogP contribution in [0.15, 0.2) is 121 Å². The molecule has 0 aliphatic heterocycles. The van der Waals surface area contributed by atoms with Crippen LogP contribution in [-0.2, 0) is 35.3 Å². The molecule has 0 aromatic heterocycles. The van der Waals surface area contributed by atoms with E-state index in [2.05, 4.69) is 10.6 Å². The average Bonchev–Trinajstić information content (AvgIpc) is 3.03. The largest absolute Gasteiger partial charge is 0.387 e. The van der Waals surface area contributed by atoms with E-state index in [-0.39, 0.29) is 0 Å². The number of benzene rings is 4. The Kier molecular flexibility index (Phi) is 12.2. The van der Waals surface area contributed by atoms with Crippen molar-refractivity contribution >= 4 is 11.8 Å². The molecule has 0 radical (unpaired) electrons. The van der Waals surface area contributed by atoms with Crippen LogP contribution < -0.4 is 10.6 Å². The molecular formula is C43H54N2O4. The van der Waals surface area contributed by atoms with Gasteiger partial charge in [-0.3, -0.25) is 9.59 Å². The molecule has 0 saturated heterocycles. The first-order valence-electron chi connectivity index (χ1n) is 17.3. The molecule has 6 nitrogen and oxygen atoms in total. The summed E-state index contributed by atoms with van der Waals surface area (Å²) in [6, 6.07) is 37.7. The van der Waals surface area contributed by atoms with Crippen molar-refractivity contribution < 1.29 is 19.8 Å². The lowest BCUT2D eigenvalue weighted by Gasteiger charge is -2.45. The summed E-state index contributed by atoms with van der Waals surface area (Å²) in [6.07, 6.45) is 0.813. The summed E-state index contributed by atoms with van der Waals surface area (Å²) in [5.41, 5.74) is -0.0110. The highest BCUT2D eigenvalue weighted by Gasteiger charge is 2.46. The Morgan fingerprint density at radius 2 is 0.694 bits per heavy atom. The Hall–Kier alpha value is -4.26. The van der Waals surface area contributed by atoms with Gasteiger partial charge in [0.25, 0.3) is 0 Å². The third-order valence-corrected chi connectivity index (χ3v) is 9.15. The maximum atomic E-state index is 13.8. The maximum absolute atomic E-state index is 13.8. The van der Waals surface area contributed by atoms with Gasteiger partial charge in [-0.2, -0.15) is 0 Å². The highest BCUT2D eigenvalue weighted by atomic mass is 16.3. The van der Waals surface area contributed by atoms with E-state index in [1.165, 1.54) is 0 Å². The molecule has 0 spiro atoms. The van der Waals surface area contributed by atoms with Gasteiger partial charge in [0.1, 0.15) is 6.42 Å². The number of nitrogens with one attached hydrogen (secondary N) is 2. The molecule has 0 heterocycles. The fourth-order valence-corrected chi connectivity index (χ4v) is 7.21. The Morgan fingerprint density at radius 1 is 0.469 bits per heavy atom. The molecule has 4 aromatic rings. The monoisotopic (exact) mass is 662 g/mol. The van der Waals surface area contributed by atoms with Gasteiger partial charge in [0.05, 0.1) is 23.3 Å². The molecule has 0 aliphatic carbocycles. The molecule has 0 saturated carbocycles. The number of amides is 2. The second-order valence-electron chi connectivity index (χ2n) is 15.8. The van der Waals surface area contributed by atoms with Crippen molar-refractivity contribution in [3.63, 3.8) is 0 Å². The first-order chi connectivity index (χ1) is 23.1. The topological polar surface area (TPSA) is 98.7 Å². The lowest BCUT2D eigenvalue weighted by Crippen LogP contribution is -2.62. The molecule has 4 N–H and O–H groups in total. The van der Waals surface area contributed by atoms with Gasteiger partial charge in [-0.1, -0.05) is 163 Å². The van der Waals surface area contributed by atoms with Gasteiger partial charge >= 0.3 is 0 Å². The maximum Gasteiger partial charge on any atom is 0.229 e. The molecule has 260 valence electrons. The zero-order valence-corrected chi connectivity index (χ0v) is 29.9. The van der Waals surface area contributed by atoms with Crippen LogP contribution in [0.25, 0.3) is 0 Å². The van der Waals surface area contributed by atoms with E-state index in [1.54, 1.807) is 0 Å². The van der Waals surface area contributed by atoms with Gasteiger partial charge in [-0.05, 0) is 33.1 Å². The van der Waals surface area contributed by atoms with E-state index in [0.29, 0.717) is 25.7 Å². The number of rotatable bonds is 14. The van der Waals surface area contributed by atoms with Crippen molar-refractivity contribution in [2.75, 3.05) is 0 Å². The minimum atomic E-state index is -1.35. The molecule has 0 bridgehead atoms. The molecule has 4 rings (SSSR count). The number of hydrogen-bond acceptors (Lipinski definition) is 4. The Balaban J connectivity index is 1.59. The highest BCUT2D eigenvalue weighted by molar-refractivity contribution is 5.97. The van der Waals surface area contributed by atoms with E-state index in [9.17, 15) is 19.8 Å². The van der Waals surface area contributed by atoms with Crippen molar-refractivity contribution in [1.29, 1.82) is 0 Å². The van der Waals surface area contributed by atoms with E-state index in [1.807, 2.05) is 163 Å². The fourth-order valence-electron chi connectivity index (χ4n) is 7.21. The minimum Gasteiger partial charge on any atom is -0.387 e. The third kappa shape index (κ3) is 10.9. The molecule has 2 amide bonds. The molecule has 6 heteroatoms. The summed E-state index contributed by atoms with van der Waals surface area (Å²) in [4.78, 5) is 27.6. The number of carbonyl (C=O) groups excluding carboxylic acids is 2. The van der Waals surface area contributed by atoms with Gasteiger partial charge in [0.2, 0.25) is 11.8 Å². The normalized spacial score (nSPS) is 13.7. The fraction of sp³-hybridized carbons (Fsp3) is 0.395. The second-order valence-corrected chi connectivity index (χ2v) is 15.8. The Morgan fingerprint density at radius 3 is 0.898 bits per heavy atom. The van der Waals surface area contributed by atoms with E-state index in [0.717, 1.165) is 22.3 Å². The van der Waals surface area contributed by atoms with Crippen molar-refractivity contribution in [2.24, 2.45) is 10.8 Å². The minimum absolute atomic E-state index is 0.315. The van der Waals surface area contributed by atoms with Crippen molar-refractivity contribution in [1.82, 2.24) is 10.6 Å². The second kappa shape index (κ2) is 16.0. The quantitative estimate of drug-likeness (QED) is 0.111. The summed E-state index contributed by atoms with van der Waals surface area (Å²) in [5, 5.41) is 31.1.